The van der Waals surface area contributed by atoms with Gasteiger partial charge in [-0.25, -0.2) is 0 Å². The Morgan fingerprint density at radius 2 is 2.00 bits per heavy atom. The maximum absolute atomic E-state index is 10.0. The molecule has 3 aromatic rings. The van der Waals surface area contributed by atoms with Crippen molar-refractivity contribution in [3.8, 4) is 5.88 Å². The van der Waals surface area contributed by atoms with Crippen LogP contribution < -0.4 is 0 Å². The van der Waals surface area contributed by atoms with Crippen LogP contribution in [0.25, 0.3) is 10.9 Å². The third-order valence-corrected chi connectivity index (χ3v) is 3.83. The number of aliphatic imine (C=N–C) groups is 1. The van der Waals surface area contributed by atoms with Crippen molar-refractivity contribution in [1.29, 1.82) is 0 Å². The number of aryl methyl sites for hydroxylation is 1. The molecule has 0 spiro atoms. The van der Waals surface area contributed by atoms with Crippen molar-refractivity contribution in [1.82, 2.24) is 4.98 Å². The fraction of sp³-hybridized carbons (Fsp3) is 0.0625. The van der Waals surface area contributed by atoms with Gasteiger partial charge >= 0.3 is 0 Å². The Bertz CT molecular complexity index is 805. The molecule has 3 nitrogen and oxygen atoms in total. The SMILES string of the molecule is Cc1ccc2c(C=Nc3ccccc3Br)c(O)[nH]c2c1. The fourth-order valence-electron chi connectivity index (χ4n) is 2.14. The molecule has 0 fully saturated rings. The summed E-state index contributed by atoms with van der Waals surface area (Å²) >= 11 is 3.45. The van der Waals surface area contributed by atoms with Gasteiger partial charge in [0.1, 0.15) is 0 Å². The van der Waals surface area contributed by atoms with E-state index < -0.39 is 0 Å². The van der Waals surface area contributed by atoms with E-state index in [1.54, 1.807) is 6.21 Å². The monoisotopic (exact) mass is 328 g/mol. The molecule has 0 saturated carbocycles. The smallest absolute Gasteiger partial charge is 0.198 e. The van der Waals surface area contributed by atoms with Crippen molar-refractivity contribution < 1.29 is 5.11 Å². The highest BCUT2D eigenvalue weighted by Gasteiger charge is 2.08. The van der Waals surface area contributed by atoms with Gasteiger partial charge in [0.25, 0.3) is 0 Å². The number of para-hydroxylation sites is 1. The molecule has 2 aromatic carbocycles. The largest absolute Gasteiger partial charge is 0.494 e. The van der Waals surface area contributed by atoms with Crippen molar-refractivity contribution in [2.24, 2.45) is 4.99 Å². The number of aromatic amines is 1. The lowest BCUT2D eigenvalue weighted by molar-refractivity contribution is 0.457. The molecule has 100 valence electrons. The number of nitrogens with zero attached hydrogens (tertiary/aromatic N) is 1. The highest BCUT2D eigenvalue weighted by molar-refractivity contribution is 9.10. The first-order chi connectivity index (χ1) is 9.65. The van der Waals surface area contributed by atoms with E-state index in [2.05, 4.69) is 25.9 Å². The highest BCUT2D eigenvalue weighted by atomic mass is 79.9. The Balaban J connectivity index is 2.07. The van der Waals surface area contributed by atoms with E-state index in [0.29, 0.717) is 5.56 Å². The van der Waals surface area contributed by atoms with Crippen molar-refractivity contribution in [3.05, 3.63) is 58.1 Å². The van der Waals surface area contributed by atoms with Gasteiger partial charge in [-0.2, -0.15) is 0 Å². The van der Waals surface area contributed by atoms with Gasteiger partial charge in [-0.15, -0.1) is 0 Å². The van der Waals surface area contributed by atoms with Crippen molar-refractivity contribution >= 4 is 38.7 Å². The second-order valence-corrected chi connectivity index (χ2v) is 5.50. The van der Waals surface area contributed by atoms with Crippen LogP contribution in [-0.2, 0) is 0 Å². The summed E-state index contributed by atoms with van der Waals surface area (Å²) in [6.07, 6.45) is 1.68. The van der Waals surface area contributed by atoms with Crippen LogP contribution in [0.1, 0.15) is 11.1 Å². The summed E-state index contributed by atoms with van der Waals surface area (Å²) in [5, 5.41) is 11.0. The topological polar surface area (TPSA) is 48.4 Å². The molecule has 1 aromatic heterocycles. The van der Waals surface area contributed by atoms with Crippen LogP contribution in [-0.4, -0.2) is 16.3 Å². The number of hydrogen-bond acceptors (Lipinski definition) is 2. The Morgan fingerprint density at radius 3 is 2.80 bits per heavy atom. The Kier molecular flexibility index (Phi) is 3.32. The molecular weight excluding hydrogens is 316 g/mol. The van der Waals surface area contributed by atoms with Crippen LogP contribution in [0.5, 0.6) is 5.88 Å². The molecule has 0 aliphatic carbocycles. The maximum atomic E-state index is 10.0. The van der Waals surface area contributed by atoms with Crippen LogP contribution >= 0.6 is 15.9 Å². The van der Waals surface area contributed by atoms with Gasteiger partial charge in [-0.3, -0.25) is 4.99 Å². The molecule has 0 radical (unpaired) electrons. The van der Waals surface area contributed by atoms with Crippen LogP contribution in [0.4, 0.5) is 5.69 Å². The number of rotatable bonds is 2. The van der Waals surface area contributed by atoms with Crippen LogP contribution in [0.15, 0.2) is 51.9 Å². The lowest BCUT2D eigenvalue weighted by Gasteiger charge is -1.97. The lowest BCUT2D eigenvalue weighted by atomic mass is 10.1. The first-order valence-corrected chi connectivity index (χ1v) is 7.04. The predicted molar refractivity (Wildman–Crippen MR) is 86.1 cm³/mol. The number of hydrogen-bond donors (Lipinski definition) is 2. The van der Waals surface area contributed by atoms with E-state index in [4.69, 9.17) is 0 Å². The van der Waals surface area contributed by atoms with Gasteiger partial charge in [0.2, 0.25) is 0 Å². The van der Waals surface area contributed by atoms with E-state index >= 15 is 0 Å². The number of benzene rings is 2. The minimum atomic E-state index is 0.140. The standard InChI is InChI=1S/C16H13BrN2O/c1-10-6-7-11-12(16(20)19-15(11)8-10)9-18-14-5-3-2-4-13(14)17/h2-9,19-20H,1H3. The van der Waals surface area contributed by atoms with Crippen molar-refractivity contribution in [2.45, 2.75) is 6.92 Å². The van der Waals surface area contributed by atoms with Crippen LogP contribution in [0.2, 0.25) is 0 Å². The normalized spacial score (nSPS) is 11.5. The second-order valence-electron chi connectivity index (χ2n) is 4.65. The molecule has 20 heavy (non-hydrogen) atoms. The van der Waals surface area contributed by atoms with Crippen LogP contribution in [0, 0.1) is 6.92 Å². The van der Waals surface area contributed by atoms with Crippen LogP contribution in [0.3, 0.4) is 0 Å². The minimum absolute atomic E-state index is 0.140. The fourth-order valence-corrected chi connectivity index (χ4v) is 2.53. The zero-order chi connectivity index (χ0) is 14.1. The number of fused-ring (bicyclic) bond motifs is 1. The van der Waals surface area contributed by atoms with Gasteiger partial charge in [-0.1, -0.05) is 24.3 Å². The first-order valence-electron chi connectivity index (χ1n) is 6.25. The number of halogens is 1. The number of H-pyrrole nitrogens is 1. The van der Waals surface area contributed by atoms with Gasteiger partial charge in [0.15, 0.2) is 5.88 Å². The maximum Gasteiger partial charge on any atom is 0.198 e. The molecule has 1 heterocycles. The Hall–Kier alpha value is -2.07. The number of aromatic nitrogens is 1. The van der Waals surface area contributed by atoms with E-state index in [0.717, 1.165) is 26.6 Å². The predicted octanol–water partition coefficient (Wildman–Crippen LogP) is 4.70. The Morgan fingerprint density at radius 1 is 1.20 bits per heavy atom. The van der Waals surface area contributed by atoms with Gasteiger partial charge in [0, 0.05) is 21.6 Å². The molecule has 2 N–H and O–H groups in total. The van der Waals surface area contributed by atoms with E-state index in [1.165, 1.54) is 0 Å². The summed E-state index contributed by atoms with van der Waals surface area (Å²) < 4.78 is 0.923. The summed E-state index contributed by atoms with van der Waals surface area (Å²) in [6, 6.07) is 13.7. The molecule has 4 heteroatoms. The Labute approximate surface area is 125 Å². The molecule has 3 rings (SSSR count). The average molecular weight is 329 g/mol. The zero-order valence-electron chi connectivity index (χ0n) is 10.9. The third-order valence-electron chi connectivity index (χ3n) is 3.16. The molecular formula is C16H13BrN2O. The minimum Gasteiger partial charge on any atom is -0.494 e. The third kappa shape index (κ3) is 2.34. The lowest BCUT2D eigenvalue weighted by Crippen LogP contribution is -1.80. The molecule has 0 aliphatic heterocycles. The molecule has 0 saturated heterocycles. The molecule has 0 aliphatic rings. The van der Waals surface area contributed by atoms with Crippen molar-refractivity contribution in [3.63, 3.8) is 0 Å². The van der Waals surface area contributed by atoms with E-state index in [-0.39, 0.29) is 5.88 Å². The van der Waals surface area contributed by atoms with Gasteiger partial charge in [-0.05, 0) is 46.6 Å². The average Bonchev–Trinajstić information content (AvgIpc) is 2.73. The highest BCUT2D eigenvalue weighted by Crippen LogP contribution is 2.28. The molecule has 0 amide bonds. The molecule has 0 bridgehead atoms. The molecule has 0 atom stereocenters. The molecule has 0 unspecified atom stereocenters. The summed E-state index contributed by atoms with van der Waals surface area (Å²) in [4.78, 5) is 7.40. The first kappa shape index (κ1) is 12.9. The zero-order valence-corrected chi connectivity index (χ0v) is 12.5. The van der Waals surface area contributed by atoms with E-state index in [9.17, 15) is 5.11 Å². The summed E-state index contributed by atoms with van der Waals surface area (Å²) in [6.45, 7) is 2.02. The van der Waals surface area contributed by atoms with E-state index in [1.807, 2.05) is 49.4 Å². The van der Waals surface area contributed by atoms with Gasteiger partial charge < -0.3 is 10.1 Å². The number of nitrogens with one attached hydrogen (secondary N) is 1. The summed E-state index contributed by atoms with van der Waals surface area (Å²) in [5.74, 6) is 0.140. The van der Waals surface area contributed by atoms with Gasteiger partial charge in [0.05, 0.1) is 11.3 Å². The second kappa shape index (κ2) is 5.13. The summed E-state index contributed by atoms with van der Waals surface area (Å²) in [5.41, 5.74) is 3.59. The van der Waals surface area contributed by atoms with Crippen molar-refractivity contribution in [2.75, 3.05) is 0 Å². The number of aromatic hydroxyl groups is 1. The quantitative estimate of drug-likeness (QED) is 0.658. The summed E-state index contributed by atoms with van der Waals surface area (Å²) in [7, 11) is 0.